The predicted octanol–water partition coefficient (Wildman–Crippen LogP) is 4.96. The molecule has 1 aromatic heterocycles. The van der Waals surface area contributed by atoms with E-state index in [4.69, 9.17) is 11.6 Å². The maximum atomic E-state index is 12.6. The Kier molecular flexibility index (Phi) is 8.30. The van der Waals surface area contributed by atoms with Gasteiger partial charge < -0.3 is 15.2 Å². The number of aromatic nitrogens is 3. The Balaban J connectivity index is 1.66. The second-order valence-corrected chi connectivity index (χ2v) is 9.03. The molecule has 2 N–H and O–H groups in total. The van der Waals surface area contributed by atoms with Crippen molar-refractivity contribution in [2.45, 2.75) is 38.5 Å². The van der Waals surface area contributed by atoms with Crippen LogP contribution in [-0.4, -0.2) is 32.3 Å². The van der Waals surface area contributed by atoms with Crippen molar-refractivity contribution in [1.29, 1.82) is 0 Å². The fraction of sp³-hybridized carbons (Fsp3) is 0.250. The fourth-order valence-corrected chi connectivity index (χ4v) is 4.23. The number of hydrogen-bond acceptors (Lipinski definition) is 5. The summed E-state index contributed by atoms with van der Waals surface area (Å²) < 4.78 is 1.84. The molecule has 0 aliphatic heterocycles. The van der Waals surface area contributed by atoms with Crippen LogP contribution >= 0.6 is 23.4 Å². The Hall–Kier alpha value is -3.10. The first kappa shape index (κ1) is 24.5. The number of carbonyl (C=O) groups excluding carboxylic acids is 2. The first-order valence-electron chi connectivity index (χ1n) is 10.4. The van der Waals surface area contributed by atoms with Gasteiger partial charge in [-0.25, -0.2) is 0 Å². The molecular weight excluding hydrogens is 458 g/mol. The number of benzene rings is 2. The van der Waals surface area contributed by atoms with Gasteiger partial charge in [0.2, 0.25) is 5.91 Å². The molecule has 0 bridgehead atoms. The zero-order valence-corrected chi connectivity index (χ0v) is 20.3. The van der Waals surface area contributed by atoms with Crippen molar-refractivity contribution in [2.24, 2.45) is 0 Å². The molecule has 172 valence electrons. The lowest BCUT2D eigenvalue weighted by molar-refractivity contribution is -0.113. The summed E-state index contributed by atoms with van der Waals surface area (Å²) in [5.41, 5.74) is 3.44. The van der Waals surface area contributed by atoms with Crippen LogP contribution in [0, 0.1) is 13.8 Å². The van der Waals surface area contributed by atoms with Crippen LogP contribution in [0.2, 0.25) is 5.02 Å². The highest BCUT2D eigenvalue weighted by molar-refractivity contribution is 7.99. The van der Waals surface area contributed by atoms with Crippen molar-refractivity contribution in [3.05, 3.63) is 82.7 Å². The average Bonchev–Trinajstić information content (AvgIpc) is 3.15. The number of amides is 2. The van der Waals surface area contributed by atoms with Crippen molar-refractivity contribution >= 4 is 40.9 Å². The van der Waals surface area contributed by atoms with Crippen molar-refractivity contribution in [1.82, 2.24) is 20.1 Å². The third-order valence-electron chi connectivity index (χ3n) is 4.74. The smallest absolute Gasteiger partial charge is 0.251 e. The summed E-state index contributed by atoms with van der Waals surface area (Å²) in [5, 5.41) is 15.5. The molecule has 33 heavy (non-hydrogen) atoms. The summed E-state index contributed by atoms with van der Waals surface area (Å²) in [7, 11) is 0. The lowest BCUT2D eigenvalue weighted by Gasteiger charge is -2.15. The van der Waals surface area contributed by atoms with Gasteiger partial charge in [0.15, 0.2) is 11.0 Å². The largest absolute Gasteiger partial charge is 0.342 e. The molecule has 0 spiro atoms. The van der Waals surface area contributed by atoms with Crippen LogP contribution in [0.3, 0.4) is 0 Å². The van der Waals surface area contributed by atoms with Crippen LogP contribution < -0.4 is 10.6 Å². The van der Waals surface area contributed by atoms with Crippen molar-refractivity contribution < 1.29 is 9.59 Å². The molecule has 0 aliphatic rings. The van der Waals surface area contributed by atoms with Gasteiger partial charge in [-0.05, 0) is 68.3 Å². The maximum absolute atomic E-state index is 12.6. The summed E-state index contributed by atoms with van der Waals surface area (Å²) in [4.78, 5) is 25.0. The number of halogens is 1. The Morgan fingerprint density at radius 1 is 1.15 bits per heavy atom. The number of thioether (sulfide) groups is 1. The third kappa shape index (κ3) is 6.69. The number of nitrogens with one attached hydrogen (secondary N) is 2. The maximum Gasteiger partial charge on any atom is 0.251 e. The number of aryl methyl sites for hydroxylation is 2. The van der Waals surface area contributed by atoms with Crippen LogP contribution in [0.1, 0.15) is 40.3 Å². The molecule has 2 amide bonds. The van der Waals surface area contributed by atoms with E-state index in [9.17, 15) is 9.59 Å². The lowest BCUT2D eigenvalue weighted by atomic mass is 10.1. The quantitative estimate of drug-likeness (QED) is 0.332. The third-order valence-corrected chi connectivity index (χ3v) is 5.95. The molecule has 0 fully saturated rings. The van der Waals surface area contributed by atoms with Crippen LogP contribution in [0.15, 0.2) is 60.3 Å². The normalized spacial score (nSPS) is 11.6. The van der Waals surface area contributed by atoms with E-state index in [0.29, 0.717) is 28.1 Å². The lowest BCUT2D eigenvalue weighted by Crippen LogP contribution is -2.28. The van der Waals surface area contributed by atoms with Crippen LogP contribution in [0.25, 0.3) is 0 Å². The molecule has 3 aromatic rings. The van der Waals surface area contributed by atoms with E-state index in [2.05, 4.69) is 33.5 Å². The molecule has 2 aromatic carbocycles. The van der Waals surface area contributed by atoms with Gasteiger partial charge in [0.05, 0.1) is 11.8 Å². The van der Waals surface area contributed by atoms with Crippen LogP contribution in [0.5, 0.6) is 0 Å². The summed E-state index contributed by atoms with van der Waals surface area (Å²) in [6, 6.07) is 12.2. The molecule has 1 atom stereocenters. The van der Waals surface area contributed by atoms with Gasteiger partial charge in [-0.1, -0.05) is 35.5 Å². The summed E-state index contributed by atoms with van der Waals surface area (Å²) in [5.74, 6) is 0.376. The van der Waals surface area contributed by atoms with E-state index in [1.807, 2.05) is 37.5 Å². The minimum absolute atomic E-state index is 0.135. The molecule has 0 unspecified atom stereocenters. The fourth-order valence-electron chi connectivity index (χ4n) is 3.35. The molecule has 9 heteroatoms. The van der Waals surface area contributed by atoms with Crippen molar-refractivity contribution in [3.63, 3.8) is 0 Å². The Bertz CT molecular complexity index is 1140. The number of rotatable bonds is 9. The van der Waals surface area contributed by atoms with Gasteiger partial charge in [-0.3, -0.25) is 9.59 Å². The van der Waals surface area contributed by atoms with E-state index in [1.54, 1.807) is 30.3 Å². The van der Waals surface area contributed by atoms with E-state index in [0.717, 1.165) is 16.8 Å². The van der Waals surface area contributed by atoms with Gasteiger partial charge in [0.25, 0.3) is 5.91 Å². The molecule has 0 saturated heterocycles. The molecule has 3 rings (SSSR count). The summed E-state index contributed by atoms with van der Waals surface area (Å²) in [6.45, 7) is 10.1. The van der Waals surface area contributed by atoms with Crippen molar-refractivity contribution in [3.8, 4) is 0 Å². The van der Waals surface area contributed by atoms with E-state index >= 15 is 0 Å². The highest BCUT2D eigenvalue weighted by Gasteiger charge is 2.20. The number of allylic oxidation sites excluding steroid dienone is 1. The highest BCUT2D eigenvalue weighted by Crippen LogP contribution is 2.22. The number of hydrogen-bond donors (Lipinski definition) is 2. The zero-order chi connectivity index (χ0) is 24.0. The Labute approximate surface area is 202 Å². The second kappa shape index (κ2) is 11.2. The van der Waals surface area contributed by atoms with E-state index in [-0.39, 0.29) is 17.6 Å². The molecule has 0 saturated carbocycles. The number of carbonyl (C=O) groups is 2. The Morgan fingerprint density at radius 2 is 1.82 bits per heavy atom. The van der Waals surface area contributed by atoms with Gasteiger partial charge in [0.1, 0.15) is 0 Å². The number of anilines is 1. The van der Waals surface area contributed by atoms with E-state index < -0.39 is 6.04 Å². The monoisotopic (exact) mass is 483 g/mol. The molecule has 0 aliphatic carbocycles. The van der Waals surface area contributed by atoms with Gasteiger partial charge >= 0.3 is 0 Å². The minimum atomic E-state index is -0.404. The SMILES string of the molecule is C=CCn1c(SCC(=O)Nc2cc(C)cc(C)c2)nnc1[C@@H](C)NC(=O)c1ccc(Cl)cc1. The first-order chi connectivity index (χ1) is 15.8. The van der Waals surface area contributed by atoms with Gasteiger partial charge in [0, 0.05) is 22.8 Å². The zero-order valence-electron chi connectivity index (χ0n) is 18.8. The summed E-state index contributed by atoms with van der Waals surface area (Å²) >= 11 is 7.17. The molecule has 7 nitrogen and oxygen atoms in total. The first-order valence-corrected chi connectivity index (χ1v) is 11.7. The van der Waals surface area contributed by atoms with Crippen LogP contribution in [0.4, 0.5) is 5.69 Å². The van der Waals surface area contributed by atoms with Gasteiger partial charge in [-0.15, -0.1) is 16.8 Å². The molecule has 0 radical (unpaired) electrons. The number of nitrogens with zero attached hydrogens (tertiary/aromatic N) is 3. The molecule has 1 heterocycles. The second-order valence-electron chi connectivity index (χ2n) is 7.66. The molecular formula is C24H26ClN5O2S. The Morgan fingerprint density at radius 3 is 2.45 bits per heavy atom. The standard InChI is InChI=1S/C24H26ClN5O2S/c1-5-10-30-22(17(4)26-23(32)18-6-8-19(25)9-7-18)28-29-24(30)33-14-21(31)27-20-12-15(2)11-16(3)13-20/h5-9,11-13,17H,1,10,14H2,2-4H3,(H,26,32)(H,27,31)/t17-/m1/s1. The summed E-state index contributed by atoms with van der Waals surface area (Å²) in [6.07, 6.45) is 1.72. The topological polar surface area (TPSA) is 88.9 Å². The highest BCUT2D eigenvalue weighted by atomic mass is 35.5. The average molecular weight is 484 g/mol. The van der Waals surface area contributed by atoms with E-state index in [1.165, 1.54) is 11.8 Å². The van der Waals surface area contributed by atoms with Crippen LogP contribution in [-0.2, 0) is 11.3 Å². The van der Waals surface area contributed by atoms with Gasteiger partial charge in [-0.2, -0.15) is 0 Å². The predicted molar refractivity (Wildman–Crippen MR) is 133 cm³/mol. The van der Waals surface area contributed by atoms with Crippen molar-refractivity contribution in [2.75, 3.05) is 11.1 Å². The minimum Gasteiger partial charge on any atom is -0.342 e.